The van der Waals surface area contributed by atoms with Gasteiger partial charge in [0.05, 0.1) is 5.75 Å². The van der Waals surface area contributed by atoms with Gasteiger partial charge < -0.3 is 9.84 Å². The third kappa shape index (κ3) is 4.87. The Hall–Kier alpha value is -2.25. The van der Waals surface area contributed by atoms with Crippen molar-refractivity contribution in [2.45, 2.75) is 22.5 Å². The Labute approximate surface area is 154 Å². The van der Waals surface area contributed by atoms with E-state index in [9.17, 15) is 4.79 Å². The van der Waals surface area contributed by atoms with Gasteiger partial charge in [0.1, 0.15) is 0 Å². The van der Waals surface area contributed by atoms with Crippen LogP contribution in [0, 0.1) is 6.92 Å². The molecule has 0 saturated heterocycles. The highest BCUT2D eigenvalue weighted by atomic mass is 32.2. The molecule has 2 aromatic carbocycles. The maximum Gasteiger partial charge on any atom is 0.255 e. The van der Waals surface area contributed by atoms with Crippen molar-refractivity contribution in [3.8, 4) is 0 Å². The Morgan fingerprint density at radius 3 is 2.64 bits per heavy atom. The van der Waals surface area contributed by atoms with Gasteiger partial charge in [-0.15, -0.1) is 23.5 Å². The summed E-state index contributed by atoms with van der Waals surface area (Å²) in [6.07, 6.45) is 2.01. The molecule has 0 unspecified atom stereocenters. The van der Waals surface area contributed by atoms with Crippen LogP contribution in [-0.4, -0.2) is 22.3 Å². The lowest BCUT2D eigenvalue weighted by Crippen LogP contribution is -2.11. The number of nitrogens with zero attached hydrogens (tertiary/aromatic N) is 2. The molecule has 0 spiro atoms. The van der Waals surface area contributed by atoms with Gasteiger partial charge in [0.25, 0.3) is 5.91 Å². The summed E-state index contributed by atoms with van der Waals surface area (Å²) in [5.74, 6) is 1.71. The van der Waals surface area contributed by atoms with Crippen molar-refractivity contribution in [3.05, 3.63) is 65.8 Å². The van der Waals surface area contributed by atoms with Crippen molar-refractivity contribution in [3.63, 3.8) is 0 Å². The monoisotopic (exact) mass is 371 g/mol. The second-order valence-electron chi connectivity index (χ2n) is 5.23. The maximum atomic E-state index is 12.3. The van der Waals surface area contributed by atoms with Crippen LogP contribution >= 0.6 is 23.5 Å². The highest BCUT2D eigenvalue weighted by molar-refractivity contribution is 7.98. The fraction of sp³-hybridized carbons (Fsp3) is 0.167. The van der Waals surface area contributed by atoms with Crippen molar-refractivity contribution >= 4 is 35.1 Å². The topological polar surface area (TPSA) is 68.0 Å². The number of carbonyl (C=O) groups excluding carboxylic acids is 1. The summed E-state index contributed by atoms with van der Waals surface area (Å²) in [5, 5.41) is 6.69. The summed E-state index contributed by atoms with van der Waals surface area (Å²) in [6, 6.07) is 15.2. The standard InChI is InChI=1S/C18H17N3O2S2/c1-12-19-17(23-21-12)11-25-15-8-6-13(7-9-15)18(22)20-14-4-3-5-16(10-14)24-2/h3-10H,11H2,1-2H3,(H,20,22). The van der Waals surface area contributed by atoms with E-state index in [0.717, 1.165) is 15.5 Å². The number of anilines is 1. The number of carbonyl (C=O) groups is 1. The highest BCUT2D eigenvalue weighted by Crippen LogP contribution is 2.23. The number of aryl methyl sites for hydroxylation is 1. The van der Waals surface area contributed by atoms with E-state index in [1.165, 1.54) is 0 Å². The van der Waals surface area contributed by atoms with E-state index in [1.807, 2.05) is 54.8 Å². The molecule has 1 amide bonds. The zero-order valence-electron chi connectivity index (χ0n) is 13.9. The Bertz CT molecular complexity index is 863. The van der Waals surface area contributed by atoms with E-state index in [2.05, 4.69) is 15.5 Å². The first-order valence-electron chi connectivity index (χ1n) is 7.61. The van der Waals surface area contributed by atoms with E-state index in [1.54, 1.807) is 30.4 Å². The second kappa shape index (κ2) is 8.22. The van der Waals surface area contributed by atoms with Crippen molar-refractivity contribution in [1.29, 1.82) is 0 Å². The lowest BCUT2D eigenvalue weighted by atomic mass is 10.2. The molecule has 128 valence electrons. The summed E-state index contributed by atoms with van der Waals surface area (Å²) < 4.78 is 5.09. The largest absolute Gasteiger partial charge is 0.338 e. The van der Waals surface area contributed by atoms with Crippen molar-refractivity contribution < 1.29 is 9.32 Å². The van der Waals surface area contributed by atoms with Crippen molar-refractivity contribution in [2.75, 3.05) is 11.6 Å². The van der Waals surface area contributed by atoms with Gasteiger partial charge >= 0.3 is 0 Å². The summed E-state index contributed by atoms with van der Waals surface area (Å²) in [5.41, 5.74) is 1.41. The molecular weight excluding hydrogens is 354 g/mol. The Morgan fingerprint density at radius 2 is 1.96 bits per heavy atom. The van der Waals surface area contributed by atoms with E-state index >= 15 is 0 Å². The molecule has 3 aromatic rings. The van der Waals surface area contributed by atoms with E-state index < -0.39 is 0 Å². The molecule has 0 atom stereocenters. The molecule has 0 saturated carbocycles. The smallest absolute Gasteiger partial charge is 0.255 e. The quantitative estimate of drug-likeness (QED) is 0.637. The van der Waals surface area contributed by atoms with Crippen LogP contribution in [0.2, 0.25) is 0 Å². The van der Waals surface area contributed by atoms with Crippen LogP contribution < -0.4 is 5.32 Å². The number of benzene rings is 2. The number of rotatable bonds is 6. The number of aromatic nitrogens is 2. The van der Waals surface area contributed by atoms with Crippen LogP contribution in [0.25, 0.3) is 0 Å². The van der Waals surface area contributed by atoms with Crippen molar-refractivity contribution in [2.24, 2.45) is 0 Å². The van der Waals surface area contributed by atoms with Crippen LogP contribution in [-0.2, 0) is 5.75 Å². The molecule has 0 aliphatic heterocycles. The Kier molecular flexibility index (Phi) is 5.78. The van der Waals surface area contributed by atoms with Gasteiger partial charge in [-0.1, -0.05) is 11.2 Å². The van der Waals surface area contributed by atoms with E-state index in [4.69, 9.17) is 4.52 Å². The third-order valence-corrected chi connectivity index (χ3v) is 5.10. The SMILES string of the molecule is CSc1cccc(NC(=O)c2ccc(SCc3nc(C)no3)cc2)c1. The first kappa shape index (κ1) is 17.6. The molecule has 0 aliphatic carbocycles. The average Bonchev–Trinajstić information content (AvgIpc) is 3.06. The van der Waals surface area contributed by atoms with Gasteiger partial charge in [0, 0.05) is 21.0 Å². The number of thioether (sulfide) groups is 2. The number of amides is 1. The van der Waals surface area contributed by atoms with Crippen LogP contribution in [0.5, 0.6) is 0 Å². The van der Waals surface area contributed by atoms with E-state index in [0.29, 0.717) is 23.0 Å². The summed E-state index contributed by atoms with van der Waals surface area (Å²) in [6.45, 7) is 1.79. The summed E-state index contributed by atoms with van der Waals surface area (Å²) in [7, 11) is 0. The molecule has 0 fully saturated rings. The normalized spacial score (nSPS) is 10.6. The van der Waals surface area contributed by atoms with Gasteiger partial charge in [-0.25, -0.2) is 0 Å². The minimum Gasteiger partial charge on any atom is -0.338 e. The molecule has 0 aliphatic rings. The van der Waals surface area contributed by atoms with Gasteiger partial charge in [-0.3, -0.25) is 4.79 Å². The first-order valence-corrected chi connectivity index (χ1v) is 9.82. The molecule has 3 rings (SSSR count). The van der Waals surface area contributed by atoms with Crippen LogP contribution in [0.4, 0.5) is 5.69 Å². The van der Waals surface area contributed by atoms with Gasteiger partial charge in [0.2, 0.25) is 5.89 Å². The summed E-state index contributed by atoms with van der Waals surface area (Å²) >= 11 is 3.23. The highest BCUT2D eigenvalue weighted by Gasteiger charge is 2.08. The average molecular weight is 371 g/mol. The zero-order chi connectivity index (χ0) is 17.6. The predicted molar refractivity (Wildman–Crippen MR) is 101 cm³/mol. The molecule has 0 bridgehead atoms. The lowest BCUT2D eigenvalue weighted by molar-refractivity contribution is 0.102. The number of hydrogen-bond donors (Lipinski definition) is 1. The van der Waals surface area contributed by atoms with E-state index in [-0.39, 0.29) is 5.91 Å². The first-order chi connectivity index (χ1) is 12.1. The van der Waals surface area contributed by atoms with Crippen LogP contribution in [0.3, 0.4) is 0 Å². The summed E-state index contributed by atoms with van der Waals surface area (Å²) in [4.78, 5) is 18.7. The molecule has 1 aromatic heterocycles. The molecule has 7 heteroatoms. The van der Waals surface area contributed by atoms with Crippen LogP contribution in [0.1, 0.15) is 22.1 Å². The fourth-order valence-electron chi connectivity index (χ4n) is 2.15. The Balaban J connectivity index is 1.60. The van der Waals surface area contributed by atoms with Crippen LogP contribution in [0.15, 0.2) is 62.8 Å². The Morgan fingerprint density at radius 1 is 1.16 bits per heavy atom. The molecule has 1 N–H and O–H groups in total. The minimum absolute atomic E-state index is 0.123. The fourth-order valence-corrected chi connectivity index (χ4v) is 3.35. The molecule has 1 heterocycles. The van der Waals surface area contributed by atoms with Gasteiger partial charge in [0.15, 0.2) is 5.82 Å². The lowest BCUT2D eigenvalue weighted by Gasteiger charge is -2.07. The zero-order valence-corrected chi connectivity index (χ0v) is 15.5. The van der Waals surface area contributed by atoms with Gasteiger partial charge in [-0.2, -0.15) is 4.98 Å². The predicted octanol–water partition coefficient (Wildman–Crippen LogP) is 4.64. The van der Waals surface area contributed by atoms with Gasteiger partial charge in [-0.05, 0) is 55.6 Å². The molecular formula is C18H17N3O2S2. The maximum absolute atomic E-state index is 12.3. The minimum atomic E-state index is -0.123. The number of hydrogen-bond acceptors (Lipinski definition) is 6. The number of nitrogens with one attached hydrogen (secondary N) is 1. The molecule has 0 radical (unpaired) electrons. The van der Waals surface area contributed by atoms with Crippen molar-refractivity contribution in [1.82, 2.24) is 10.1 Å². The molecule has 25 heavy (non-hydrogen) atoms. The third-order valence-electron chi connectivity index (χ3n) is 3.38. The molecule has 5 nitrogen and oxygen atoms in total. The second-order valence-corrected chi connectivity index (χ2v) is 7.16.